The summed E-state index contributed by atoms with van der Waals surface area (Å²) < 4.78 is 5.56. The highest BCUT2D eigenvalue weighted by Crippen LogP contribution is 2.39. The Kier molecular flexibility index (Phi) is 4.74. The Balaban J connectivity index is 1.80. The van der Waals surface area contributed by atoms with Gasteiger partial charge in [-0.2, -0.15) is 0 Å². The van der Waals surface area contributed by atoms with Gasteiger partial charge in [0.25, 0.3) is 0 Å². The molecule has 1 aliphatic heterocycles. The minimum Gasteiger partial charge on any atom is -0.506 e. The second kappa shape index (κ2) is 7.12. The van der Waals surface area contributed by atoms with Gasteiger partial charge >= 0.3 is 0 Å². The molecule has 7 heteroatoms. The third-order valence-electron chi connectivity index (χ3n) is 3.95. The maximum Gasteiger partial charge on any atom is 0.148 e. The minimum atomic E-state index is 0.0339. The van der Waals surface area contributed by atoms with Crippen LogP contribution in [0, 0.1) is 0 Å². The Morgan fingerprint density at radius 2 is 2.16 bits per heavy atom. The van der Waals surface area contributed by atoms with Crippen molar-refractivity contribution in [3.8, 4) is 11.5 Å². The highest BCUT2D eigenvalue weighted by atomic mass is 16.5. The van der Waals surface area contributed by atoms with Crippen molar-refractivity contribution in [1.82, 2.24) is 0 Å². The number of fused-ring (bicyclic) bond motifs is 1. The number of hydrogen-bond acceptors (Lipinski definition) is 7. The predicted molar refractivity (Wildman–Crippen MR) is 100 cm³/mol. The molecule has 0 unspecified atom stereocenters. The van der Waals surface area contributed by atoms with Crippen LogP contribution in [0.1, 0.15) is 0 Å². The van der Waals surface area contributed by atoms with E-state index < -0.39 is 0 Å². The van der Waals surface area contributed by atoms with E-state index >= 15 is 0 Å². The first kappa shape index (κ1) is 16.6. The Morgan fingerprint density at radius 3 is 2.96 bits per heavy atom. The molecule has 25 heavy (non-hydrogen) atoms. The van der Waals surface area contributed by atoms with Crippen molar-refractivity contribution in [2.75, 3.05) is 42.8 Å². The molecular formula is C18H21N5O2. The molecule has 0 spiro atoms. The number of para-hydroxylation sites is 2. The van der Waals surface area contributed by atoms with Gasteiger partial charge in [0.2, 0.25) is 0 Å². The first-order valence-electron chi connectivity index (χ1n) is 7.95. The van der Waals surface area contributed by atoms with Crippen molar-refractivity contribution < 1.29 is 9.84 Å². The van der Waals surface area contributed by atoms with Crippen LogP contribution in [0.15, 0.2) is 59.0 Å². The molecule has 0 fully saturated rings. The third-order valence-corrected chi connectivity index (χ3v) is 3.95. The van der Waals surface area contributed by atoms with Crippen LogP contribution in [0.25, 0.3) is 0 Å². The number of nitrogens with zero attached hydrogens (tertiary/aromatic N) is 3. The fourth-order valence-electron chi connectivity index (χ4n) is 2.54. The molecule has 2 aromatic rings. The second-order valence-electron chi connectivity index (χ2n) is 5.55. The van der Waals surface area contributed by atoms with E-state index in [-0.39, 0.29) is 5.75 Å². The summed E-state index contributed by atoms with van der Waals surface area (Å²) in [6.45, 7) is 5.23. The molecule has 0 saturated heterocycles. The lowest BCUT2D eigenvalue weighted by Gasteiger charge is -2.21. The number of azo groups is 1. The quantitative estimate of drug-likeness (QED) is 0.719. The van der Waals surface area contributed by atoms with Crippen LogP contribution in [0.3, 0.4) is 0 Å². The van der Waals surface area contributed by atoms with Gasteiger partial charge in [0, 0.05) is 32.8 Å². The van der Waals surface area contributed by atoms with Crippen molar-refractivity contribution in [1.29, 1.82) is 0 Å². The standard InChI is InChI=1S/C18H21N5O2/c1-12(23(3)16-7-5-4-6-13(16)19-2)21-22-14-11-18-15(10-17(14)24)20-8-9-25-18/h4-7,10-11,19-20,24H,1,8-9H2,2-3H3. The minimum absolute atomic E-state index is 0.0339. The number of anilines is 3. The van der Waals surface area contributed by atoms with Crippen LogP contribution in [0.5, 0.6) is 11.5 Å². The maximum absolute atomic E-state index is 10.1. The van der Waals surface area contributed by atoms with Crippen LogP contribution in [-0.4, -0.2) is 32.4 Å². The van der Waals surface area contributed by atoms with E-state index in [0.29, 0.717) is 30.4 Å². The molecule has 2 aromatic carbocycles. The van der Waals surface area contributed by atoms with Crippen LogP contribution in [-0.2, 0) is 0 Å². The molecule has 0 amide bonds. The summed E-state index contributed by atoms with van der Waals surface area (Å²) in [4.78, 5) is 1.82. The number of nitrogens with one attached hydrogen (secondary N) is 2. The molecule has 1 heterocycles. The highest BCUT2D eigenvalue weighted by Gasteiger charge is 2.14. The zero-order valence-corrected chi connectivity index (χ0v) is 14.3. The molecule has 7 nitrogen and oxygen atoms in total. The van der Waals surface area contributed by atoms with Crippen LogP contribution >= 0.6 is 0 Å². The van der Waals surface area contributed by atoms with E-state index in [2.05, 4.69) is 27.4 Å². The van der Waals surface area contributed by atoms with Gasteiger partial charge in [0.15, 0.2) is 0 Å². The molecular weight excluding hydrogens is 318 g/mol. The van der Waals surface area contributed by atoms with E-state index in [4.69, 9.17) is 4.74 Å². The van der Waals surface area contributed by atoms with Crippen molar-refractivity contribution in [3.63, 3.8) is 0 Å². The Bertz CT molecular complexity index is 819. The molecule has 0 atom stereocenters. The monoisotopic (exact) mass is 339 g/mol. The van der Waals surface area contributed by atoms with Crippen LogP contribution in [0.2, 0.25) is 0 Å². The van der Waals surface area contributed by atoms with E-state index in [1.165, 1.54) is 0 Å². The lowest BCUT2D eigenvalue weighted by Crippen LogP contribution is -2.17. The molecule has 0 radical (unpaired) electrons. The van der Waals surface area contributed by atoms with E-state index in [1.54, 1.807) is 12.1 Å². The largest absolute Gasteiger partial charge is 0.506 e. The van der Waals surface area contributed by atoms with Crippen LogP contribution in [0.4, 0.5) is 22.7 Å². The zero-order valence-electron chi connectivity index (χ0n) is 14.3. The molecule has 130 valence electrons. The van der Waals surface area contributed by atoms with Crippen molar-refractivity contribution >= 4 is 22.7 Å². The van der Waals surface area contributed by atoms with E-state index in [0.717, 1.165) is 17.1 Å². The molecule has 3 rings (SSSR count). The summed E-state index contributed by atoms with van der Waals surface area (Å²) in [5.41, 5.74) is 2.97. The fourth-order valence-corrected chi connectivity index (χ4v) is 2.54. The second-order valence-corrected chi connectivity index (χ2v) is 5.55. The predicted octanol–water partition coefficient (Wildman–Crippen LogP) is 3.93. The molecule has 0 saturated carbocycles. The number of phenols is 1. The third kappa shape index (κ3) is 3.50. The van der Waals surface area contributed by atoms with Gasteiger partial charge < -0.3 is 25.4 Å². The molecule has 1 aliphatic rings. The number of phenolic OH excluding ortho intramolecular Hbond substituents is 1. The molecule has 3 N–H and O–H groups in total. The van der Waals surface area contributed by atoms with Crippen molar-refractivity contribution in [2.24, 2.45) is 10.2 Å². The lowest BCUT2D eigenvalue weighted by molar-refractivity contribution is 0.322. The number of hydrogen-bond donors (Lipinski definition) is 3. The van der Waals surface area contributed by atoms with Gasteiger partial charge in [-0.25, -0.2) is 0 Å². The van der Waals surface area contributed by atoms with Gasteiger partial charge in [-0.15, -0.1) is 10.2 Å². The summed E-state index contributed by atoms with van der Waals surface area (Å²) >= 11 is 0. The number of aromatic hydroxyl groups is 1. The van der Waals surface area contributed by atoms with Gasteiger partial charge in [0.1, 0.15) is 29.6 Å². The first-order valence-corrected chi connectivity index (χ1v) is 7.95. The lowest BCUT2D eigenvalue weighted by atomic mass is 10.2. The average molecular weight is 339 g/mol. The summed E-state index contributed by atoms with van der Waals surface area (Å²) in [6, 6.07) is 11.1. The smallest absolute Gasteiger partial charge is 0.148 e. The number of benzene rings is 2. The van der Waals surface area contributed by atoms with Crippen molar-refractivity contribution in [3.05, 3.63) is 48.8 Å². The summed E-state index contributed by atoms with van der Waals surface area (Å²) in [5.74, 6) is 1.13. The molecule has 0 bridgehead atoms. The van der Waals surface area contributed by atoms with Gasteiger partial charge in [-0.3, -0.25) is 0 Å². The average Bonchev–Trinajstić information content (AvgIpc) is 2.65. The molecule has 0 aromatic heterocycles. The SMILES string of the molecule is C=C(N=Nc1cc2c(cc1O)NCCO2)N(C)c1ccccc1NC. The highest BCUT2D eigenvalue weighted by molar-refractivity contribution is 5.71. The molecule has 0 aliphatic carbocycles. The summed E-state index contributed by atoms with van der Waals surface area (Å²) in [6.07, 6.45) is 0. The zero-order chi connectivity index (χ0) is 17.8. The first-order chi connectivity index (χ1) is 12.1. The Labute approximate surface area is 146 Å². The maximum atomic E-state index is 10.1. The normalized spacial score (nSPS) is 12.9. The van der Waals surface area contributed by atoms with E-state index in [9.17, 15) is 5.11 Å². The Morgan fingerprint density at radius 1 is 1.36 bits per heavy atom. The topological polar surface area (TPSA) is 81.5 Å². The number of ether oxygens (including phenoxy) is 1. The number of rotatable bonds is 5. The van der Waals surface area contributed by atoms with Gasteiger partial charge in [-0.05, 0) is 12.1 Å². The van der Waals surface area contributed by atoms with E-state index in [1.807, 2.05) is 43.3 Å². The fraction of sp³-hybridized carbons (Fsp3) is 0.222. The summed E-state index contributed by atoms with van der Waals surface area (Å²) in [5, 5.41) is 24.7. The Hall–Kier alpha value is -3.22. The van der Waals surface area contributed by atoms with Crippen LogP contribution < -0.4 is 20.3 Å². The van der Waals surface area contributed by atoms with Crippen molar-refractivity contribution in [2.45, 2.75) is 0 Å². The van der Waals surface area contributed by atoms with Gasteiger partial charge in [-0.1, -0.05) is 18.7 Å². The summed E-state index contributed by atoms with van der Waals surface area (Å²) in [7, 11) is 3.72. The van der Waals surface area contributed by atoms with Gasteiger partial charge in [0.05, 0.1) is 17.1 Å².